The maximum Gasteiger partial charge on any atom is 0.0457 e. The van der Waals surface area contributed by atoms with Crippen LogP contribution in [-0.2, 0) is 6.54 Å². The van der Waals surface area contributed by atoms with Gasteiger partial charge in [-0.3, -0.25) is 0 Å². The average molecular weight is 260 g/mol. The quantitative estimate of drug-likeness (QED) is 0.880. The predicted molar refractivity (Wildman–Crippen MR) is 80.1 cm³/mol. The summed E-state index contributed by atoms with van der Waals surface area (Å²) in [5.74, 6) is 1.35. The number of fused-ring (bicyclic) bond motifs is 1. The molecule has 0 radical (unpaired) electrons. The molecule has 2 N–H and O–H groups in total. The molecule has 1 aromatic carbocycles. The van der Waals surface area contributed by atoms with Gasteiger partial charge in [-0.25, -0.2) is 0 Å². The van der Waals surface area contributed by atoms with Crippen molar-refractivity contribution in [2.24, 2.45) is 0 Å². The maximum absolute atomic E-state index is 3.59. The number of benzene rings is 1. The minimum Gasteiger partial charge on any atom is -0.361 e. The van der Waals surface area contributed by atoms with Crippen molar-refractivity contribution < 1.29 is 0 Å². The normalized spacial score (nSPS) is 20.3. The van der Waals surface area contributed by atoms with E-state index in [1.54, 1.807) is 0 Å². The van der Waals surface area contributed by atoms with Crippen molar-refractivity contribution in [1.82, 2.24) is 10.3 Å². The summed E-state index contributed by atoms with van der Waals surface area (Å²) in [4.78, 5) is 3.27. The Hall–Kier alpha value is -0.930. The molecule has 18 heavy (non-hydrogen) atoms. The first kappa shape index (κ1) is 12.1. The molecule has 3 rings (SSSR count). The summed E-state index contributed by atoms with van der Waals surface area (Å²) in [5, 5.41) is 5.71. The van der Waals surface area contributed by atoms with Crippen molar-refractivity contribution in [3.63, 3.8) is 0 Å². The second-order valence-electron chi connectivity index (χ2n) is 5.02. The fraction of sp³-hybridized carbons (Fsp3) is 0.467. The van der Waals surface area contributed by atoms with Gasteiger partial charge in [-0.15, -0.1) is 0 Å². The van der Waals surface area contributed by atoms with Crippen LogP contribution in [-0.4, -0.2) is 22.5 Å². The third-order valence-electron chi connectivity index (χ3n) is 3.59. The Labute approximate surface area is 113 Å². The SMILES string of the molecule is c1cc2ccc(CNCC3CCCCS3)cc2[nH]1. The molecule has 96 valence electrons. The molecule has 0 saturated carbocycles. The van der Waals surface area contributed by atoms with Crippen LogP contribution in [0.3, 0.4) is 0 Å². The van der Waals surface area contributed by atoms with Crippen molar-refractivity contribution in [1.29, 1.82) is 0 Å². The van der Waals surface area contributed by atoms with Gasteiger partial charge in [0.15, 0.2) is 0 Å². The minimum absolute atomic E-state index is 0.827. The van der Waals surface area contributed by atoms with Crippen LogP contribution in [0.25, 0.3) is 10.9 Å². The fourth-order valence-electron chi connectivity index (χ4n) is 2.55. The van der Waals surface area contributed by atoms with Crippen LogP contribution in [0.5, 0.6) is 0 Å². The molecule has 0 aliphatic carbocycles. The number of aromatic amines is 1. The van der Waals surface area contributed by atoms with Crippen LogP contribution in [0, 0.1) is 0 Å². The van der Waals surface area contributed by atoms with E-state index in [1.807, 2.05) is 6.20 Å². The number of H-pyrrole nitrogens is 1. The lowest BCUT2D eigenvalue weighted by atomic mass is 10.1. The van der Waals surface area contributed by atoms with E-state index in [-0.39, 0.29) is 0 Å². The molecule has 0 bridgehead atoms. The highest BCUT2D eigenvalue weighted by molar-refractivity contribution is 7.99. The largest absolute Gasteiger partial charge is 0.361 e. The zero-order valence-corrected chi connectivity index (χ0v) is 11.4. The third kappa shape index (κ3) is 2.90. The zero-order chi connectivity index (χ0) is 12.2. The van der Waals surface area contributed by atoms with E-state index in [2.05, 4.69) is 46.3 Å². The van der Waals surface area contributed by atoms with Crippen molar-refractivity contribution in [3.05, 3.63) is 36.0 Å². The van der Waals surface area contributed by atoms with E-state index < -0.39 is 0 Å². The number of thioether (sulfide) groups is 1. The lowest BCUT2D eigenvalue weighted by Gasteiger charge is -2.21. The van der Waals surface area contributed by atoms with Crippen molar-refractivity contribution in [3.8, 4) is 0 Å². The fourth-order valence-corrected chi connectivity index (χ4v) is 3.82. The van der Waals surface area contributed by atoms with Gasteiger partial charge in [0, 0.05) is 30.1 Å². The minimum atomic E-state index is 0.827. The third-order valence-corrected chi connectivity index (χ3v) is 4.99. The van der Waals surface area contributed by atoms with E-state index in [4.69, 9.17) is 0 Å². The van der Waals surface area contributed by atoms with Crippen LogP contribution < -0.4 is 5.32 Å². The number of aromatic nitrogens is 1. The molecule has 0 amide bonds. The van der Waals surface area contributed by atoms with Crippen LogP contribution >= 0.6 is 11.8 Å². The molecule has 1 aromatic heterocycles. The van der Waals surface area contributed by atoms with E-state index in [0.29, 0.717) is 0 Å². The first-order chi connectivity index (χ1) is 8.92. The molecule has 3 heteroatoms. The lowest BCUT2D eigenvalue weighted by Crippen LogP contribution is -2.26. The maximum atomic E-state index is 3.59. The predicted octanol–water partition coefficient (Wildman–Crippen LogP) is 3.54. The molecule has 2 nitrogen and oxygen atoms in total. The van der Waals surface area contributed by atoms with Crippen LogP contribution in [0.1, 0.15) is 24.8 Å². The van der Waals surface area contributed by atoms with Crippen LogP contribution in [0.15, 0.2) is 30.5 Å². The van der Waals surface area contributed by atoms with Crippen LogP contribution in [0.2, 0.25) is 0 Å². The highest BCUT2D eigenvalue weighted by atomic mass is 32.2. The van der Waals surface area contributed by atoms with Crippen molar-refractivity contribution in [2.75, 3.05) is 12.3 Å². The average Bonchev–Trinajstić information content (AvgIpc) is 2.87. The lowest BCUT2D eigenvalue weighted by molar-refractivity contribution is 0.598. The Balaban J connectivity index is 1.52. The topological polar surface area (TPSA) is 27.8 Å². The number of rotatable bonds is 4. The van der Waals surface area contributed by atoms with Gasteiger partial charge >= 0.3 is 0 Å². The van der Waals surface area contributed by atoms with Gasteiger partial charge in [0.25, 0.3) is 0 Å². The summed E-state index contributed by atoms with van der Waals surface area (Å²) in [6.07, 6.45) is 6.20. The second-order valence-corrected chi connectivity index (χ2v) is 6.43. The van der Waals surface area contributed by atoms with Crippen molar-refractivity contribution in [2.45, 2.75) is 31.1 Å². The monoisotopic (exact) mass is 260 g/mol. The molecule has 1 saturated heterocycles. The molecule has 1 unspecified atom stereocenters. The summed E-state index contributed by atoms with van der Waals surface area (Å²) in [6, 6.07) is 8.77. The Bertz CT molecular complexity index is 500. The Morgan fingerprint density at radius 1 is 1.28 bits per heavy atom. The van der Waals surface area contributed by atoms with E-state index in [0.717, 1.165) is 18.3 Å². The zero-order valence-electron chi connectivity index (χ0n) is 10.6. The molecule has 1 fully saturated rings. The summed E-state index contributed by atoms with van der Waals surface area (Å²) in [5.41, 5.74) is 2.60. The molecule has 1 aliphatic heterocycles. The van der Waals surface area contributed by atoms with Gasteiger partial charge < -0.3 is 10.3 Å². The van der Waals surface area contributed by atoms with Gasteiger partial charge in [-0.1, -0.05) is 18.6 Å². The first-order valence-electron chi connectivity index (χ1n) is 6.80. The Kier molecular flexibility index (Phi) is 3.91. The number of hydrogen-bond donors (Lipinski definition) is 2. The highest BCUT2D eigenvalue weighted by Crippen LogP contribution is 2.24. The molecule has 0 spiro atoms. The Morgan fingerprint density at radius 2 is 2.28 bits per heavy atom. The molecular formula is C15H20N2S. The van der Waals surface area contributed by atoms with E-state index >= 15 is 0 Å². The smallest absolute Gasteiger partial charge is 0.0457 e. The van der Waals surface area contributed by atoms with E-state index in [9.17, 15) is 0 Å². The molecule has 1 aliphatic rings. The summed E-state index contributed by atoms with van der Waals surface area (Å²) < 4.78 is 0. The number of hydrogen-bond acceptors (Lipinski definition) is 2. The summed E-state index contributed by atoms with van der Waals surface area (Å²) in [7, 11) is 0. The summed E-state index contributed by atoms with van der Waals surface area (Å²) in [6.45, 7) is 2.12. The van der Waals surface area contributed by atoms with Gasteiger partial charge in [-0.2, -0.15) is 11.8 Å². The molecule has 1 atom stereocenters. The van der Waals surface area contributed by atoms with E-state index in [1.165, 1.54) is 41.5 Å². The first-order valence-corrected chi connectivity index (χ1v) is 7.85. The number of nitrogens with one attached hydrogen (secondary N) is 2. The molecule has 2 aromatic rings. The highest BCUT2D eigenvalue weighted by Gasteiger charge is 2.12. The van der Waals surface area contributed by atoms with Gasteiger partial charge in [-0.05, 0) is 41.7 Å². The standard InChI is InChI=1S/C15H20N2S/c1-2-8-18-14(3-1)11-16-10-12-4-5-13-6-7-17-15(13)9-12/h4-7,9,14,16-17H,1-3,8,10-11H2. The van der Waals surface area contributed by atoms with Gasteiger partial charge in [0.2, 0.25) is 0 Å². The van der Waals surface area contributed by atoms with Crippen LogP contribution in [0.4, 0.5) is 0 Å². The second kappa shape index (κ2) is 5.81. The van der Waals surface area contributed by atoms with Gasteiger partial charge in [0.1, 0.15) is 0 Å². The molecular weight excluding hydrogens is 240 g/mol. The summed E-state index contributed by atoms with van der Waals surface area (Å²) >= 11 is 2.13. The van der Waals surface area contributed by atoms with Crippen molar-refractivity contribution >= 4 is 22.7 Å². The van der Waals surface area contributed by atoms with Gasteiger partial charge in [0.05, 0.1) is 0 Å². The Morgan fingerprint density at radius 3 is 3.17 bits per heavy atom. The molecule has 2 heterocycles.